The van der Waals surface area contributed by atoms with Crippen LogP contribution in [0.5, 0.6) is 0 Å². The summed E-state index contributed by atoms with van der Waals surface area (Å²) in [4.78, 5) is 0. The molecule has 0 bridgehead atoms. The molecule has 4 unspecified atom stereocenters. The Bertz CT molecular complexity index is 561. The minimum Gasteiger partial charge on any atom is -0.0848 e. The first-order chi connectivity index (χ1) is 11.1. The highest BCUT2D eigenvalue weighted by molar-refractivity contribution is 5.40. The van der Waals surface area contributed by atoms with Crippen LogP contribution in [-0.2, 0) is 0 Å². The van der Waals surface area contributed by atoms with Gasteiger partial charge in [0.05, 0.1) is 0 Å². The van der Waals surface area contributed by atoms with Crippen molar-refractivity contribution in [2.24, 2.45) is 29.1 Å². The van der Waals surface area contributed by atoms with Crippen molar-refractivity contribution in [3.05, 3.63) is 34.9 Å². The van der Waals surface area contributed by atoms with Crippen molar-refractivity contribution in [1.29, 1.82) is 0 Å². The summed E-state index contributed by atoms with van der Waals surface area (Å²) in [6.07, 6.45) is 20.3. The quantitative estimate of drug-likeness (QED) is 0.490. The third kappa shape index (κ3) is 2.48. The molecular formula is C23H34. The summed E-state index contributed by atoms with van der Waals surface area (Å²) in [5.41, 5.74) is 5.89. The normalized spacial score (nSPS) is 44.2. The summed E-state index contributed by atoms with van der Waals surface area (Å²) in [6, 6.07) is 0. The molecule has 0 heterocycles. The summed E-state index contributed by atoms with van der Waals surface area (Å²) in [5, 5.41) is 0. The topological polar surface area (TPSA) is 0 Å². The molecule has 0 aromatic carbocycles. The van der Waals surface area contributed by atoms with Crippen molar-refractivity contribution >= 4 is 0 Å². The van der Waals surface area contributed by atoms with Gasteiger partial charge in [-0.15, -0.1) is 0 Å². The molecule has 0 N–H and O–H groups in total. The van der Waals surface area contributed by atoms with Crippen LogP contribution in [0.3, 0.4) is 0 Å². The summed E-state index contributed by atoms with van der Waals surface area (Å²) >= 11 is 0. The van der Waals surface area contributed by atoms with Crippen LogP contribution in [0.1, 0.15) is 78.6 Å². The van der Waals surface area contributed by atoms with Gasteiger partial charge < -0.3 is 0 Å². The van der Waals surface area contributed by atoms with E-state index in [9.17, 15) is 0 Å². The molecule has 4 aliphatic carbocycles. The predicted molar refractivity (Wildman–Crippen MR) is 99.2 cm³/mol. The number of allylic oxidation sites excluding steroid dienone is 6. The molecule has 0 aliphatic heterocycles. The van der Waals surface area contributed by atoms with Crippen LogP contribution in [-0.4, -0.2) is 0 Å². The Labute approximate surface area is 143 Å². The number of fused-ring (bicyclic) bond motifs is 5. The molecule has 0 radical (unpaired) electrons. The summed E-state index contributed by atoms with van der Waals surface area (Å²) < 4.78 is 0. The number of unbranched alkanes of at least 4 members (excludes halogenated alkanes) is 1. The van der Waals surface area contributed by atoms with E-state index in [2.05, 4.69) is 39.0 Å². The van der Waals surface area contributed by atoms with Gasteiger partial charge in [-0.2, -0.15) is 0 Å². The van der Waals surface area contributed by atoms with Crippen LogP contribution in [0.4, 0.5) is 0 Å². The van der Waals surface area contributed by atoms with Gasteiger partial charge in [0.25, 0.3) is 0 Å². The van der Waals surface area contributed by atoms with Crippen LogP contribution < -0.4 is 0 Å². The fraction of sp³-hybridized carbons (Fsp3) is 0.739. The second-order valence-electron chi connectivity index (χ2n) is 8.99. The average molecular weight is 311 g/mol. The minimum atomic E-state index is 0.542. The molecule has 5 atom stereocenters. The van der Waals surface area contributed by atoms with Crippen LogP contribution in [0.25, 0.3) is 0 Å². The maximum Gasteiger partial charge on any atom is -0.00850 e. The van der Waals surface area contributed by atoms with E-state index in [0.717, 1.165) is 23.7 Å². The van der Waals surface area contributed by atoms with Gasteiger partial charge in [0.1, 0.15) is 0 Å². The summed E-state index contributed by atoms with van der Waals surface area (Å²) in [7, 11) is 0. The monoisotopic (exact) mass is 310 g/mol. The fourth-order valence-electron chi connectivity index (χ4n) is 6.47. The van der Waals surface area contributed by atoms with Crippen LogP contribution in [0.15, 0.2) is 34.9 Å². The number of rotatable bonds is 2. The van der Waals surface area contributed by atoms with E-state index in [4.69, 9.17) is 0 Å². The first-order valence-electron chi connectivity index (χ1n) is 10.2. The molecule has 3 fully saturated rings. The number of hydrogen-bond donors (Lipinski definition) is 0. The van der Waals surface area contributed by atoms with Crippen molar-refractivity contribution in [3.8, 4) is 0 Å². The standard InChI is InChI=1S/C23H34/c1-4-5-6-18-9-12-22-21-11-8-17-15-16(2)7-10-19(17)20(21)13-14-23(18,22)3/h6,10,15-16,20-22H,4-5,7-9,11-14H2,1-3H3/b18-6-/t16?,20?,21?,22?,23-/m1/s1. The maximum absolute atomic E-state index is 2.63. The summed E-state index contributed by atoms with van der Waals surface area (Å²) in [5.74, 6) is 3.60. The third-order valence-corrected chi connectivity index (χ3v) is 7.68. The second kappa shape index (κ2) is 5.94. The van der Waals surface area contributed by atoms with Gasteiger partial charge in [0.2, 0.25) is 0 Å². The zero-order chi connectivity index (χ0) is 16.0. The first-order valence-corrected chi connectivity index (χ1v) is 10.2. The van der Waals surface area contributed by atoms with E-state index in [1.54, 1.807) is 11.1 Å². The average Bonchev–Trinajstić information content (AvgIpc) is 2.89. The molecule has 0 nitrogen and oxygen atoms in total. The lowest BCUT2D eigenvalue weighted by Gasteiger charge is -2.51. The van der Waals surface area contributed by atoms with Crippen molar-refractivity contribution in [2.75, 3.05) is 0 Å². The van der Waals surface area contributed by atoms with Gasteiger partial charge in [-0.05, 0) is 91.6 Å². The molecule has 0 amide bonds. The molecule has 0 saturated heterocycles. The molecule has 4 aliphatic rings. The Hall–Kier alpha value is -0.780. The van der Waals surface area contributed by atoms with Gasteiger partial charge in [-0.25, -0.2) is 0 Å². The van der Waals surface area contributed by atoms with E-state index >= 15 is 0 Å². The highest BCUT2D eigenvalue weighted by Gasteiger charge is 2.52. The smallest absolute Gasteiger partial charge is 0.00850 e. The zero-order valence-corrected chi connectivity index (χ0v) is 15.4. The van der Waals surface area contributed by atoms with Crippen molar-refractivity contribution in [1.82, 2.24) is 0 Å². The highest BCUT2D eigenvalue weighted by atomic mass is 14.6. The Kier molecular flexibility index (Phi) is 4.06. The van der Waals surface area contributed by atoms with Crippen LogP contribution in [0, 0.1) is 29.1 Å². The Morgan fingerprint density at radius 3 is 2.91 bits per heavy atom. The van der Waals surface area contributed by atoms with Crippen molar-refractivity contribution in [2.45, 2.75) is 78.6 Å². The van der Waals surface area contributed by atoms with E-state index in [1.807, 2.05) is 5.57 Å². The van der Waals surface area contributed by atoms with Gasteiger partial charge in [-0.3, -0.25) is 0 Å². The molecule has 0 heteroatoms. The Morgan fingerprint density at radius 1 is 1.22 bits per heavy atom. The van der Waals surface area contributed by atoms with E-state index in [1.165, 1.54) is 57.8 Å². The van der Waals surface area contributed by atoms with Gasteiger partial charge in [0.15, 0.2) is 0 Å². The van der Waals surface area contributed by atoms with Crippen LogP contribution in [0.2, 0.25) is 0 Å². The molecule has 23 heavy (non-hydrogen) atoms. The van der Waals surface area contributed by atoms with Crippen LogP contribution >= 0.6 is 0 Å². The lowest BCUT2D eigenvalue weighted by Crippen LogP contribution is -2.42. The lowest BCUT2D eigenvalue weighted by atomic mass is 9.54. The van der Waals surface area contributed by atoms with E-state index < -0.39 is 0 Å². The third-order valence-electron chi connectivity index (χ3n) is 7.68. The summed E-state index contributed by atoms with van der Waals surface area (Å²) in [6.45, 7) is 7.31. The van der Waals surface area contributed by atoms with E-state index in [0.29, 0.717) is 5.41 Å². The molecule has 3 saturated carbocycles. The predicted octanol–water partition coefficient (Wildman–Crippen LogP) is 6.84. The van der Waals surface area contributed by atoms with Crippen molar-refractivity contribution in [3.63, 3.8) is 0 Å². The highest BCUT2D eigenvalue weighted by Crippen LogP contribution is 2.63. The SMILES string of the molecule is CCC/C=C1/CCC2C3CCC4=CC(C)CC=C4C3CC[C@]12C. The first kappa shape index (κ1) is 15.7. The maximum atomic E-state index is 2.63. The largest absolute Gasteiger partial charge is 0.0848 e. The fourth-order valence-corrected chi connectivity index (χ4v) is 6.47. The molecule has 0 aromatic rings. The Morgan fingerprint density at radius 2 is 2.09 bits per heavy atom. The molecule has 0 spiro atoms. The molecule has 126 valence electrons. The van der Waals surface area contributed by atoms with Crippen molar-refractivity contribution < 1.29 is 0 Å². The molecular weight excluding hydrogens is 276 g/mol. The zero-order valence-electron chi connectivity index (χ0n) is 15.4. The van der Waals surface area contributed by atoms with Gasteiger partial charge in [0, 0.05) is 0 Å². The molecule has 4 rings (SSSR count). The second-order valence-corrected chi connectivity index (χ2v) is 8.99. The molecule has 0 aromatic heterocycles. The number of hydrogen-bond acceptors (Lipinski definition) is 0. The Balaban J connectivity index is 1.60. The van der Waals surface area contributed by atoms with Gasteiger partial charge >= 0.3 is 0 Å². The lowest BCUT2D eigenvalue weighted by molar-refractivity contribution is 0.0631. The minimum absolute atomic E-state index is 0.542. The van der Waals surface area contributed by atoms with E-state index in [-0.39, 0.29) is 0 Å². The van der Waals surface area contributed by atoms with Gasteiger partial charge in [-0.1, -0.05) is 51.0 Å².